The monoisotopic (exact) mass is 218 g/mol. The molecule has 7 nitrogen and oxygen atoms in total. The van der Waals surface area contributed by atoms with Crippen molar-refractivity contribution in [2.75, 3.05) is 0 Å². The molecule has 0 saturated heterocycles. The molecule has 0 aromatic carbocycles. The van der Waals surface area contributed by atoms with Crippen molar-refractivity contribution in [3.63, 3.8) is 0 Å². The van der Waals surface area contributed by atoms with E-state index in [9.17, 15) is 4.79 Å². The second-order valence-corrected chi connectivity index (χ2v) is 3.25. The van der Waals surface area contributed by atoms with Gasteiger partial charge in [0.2, 0.25) is 5.82 Å². The molecule has 16 heavy (non-hydrogen) atoms. The van der Waals surface area contributed by atoms with Crippen LogP contribution in [0.4, 0.5) is 0 Å². The zero-order valence-corrected chi connectivity index (χ0v) is 8.88. The summed E-state index contributed by atoms with van der Waals surface area (Å²) >= 11 is 0. The van der Waals surface area contributed by atoms with E-state index in [2.05, 4.69) is 20.2 Å². The molecule has 0 aliphatic carbocycles. The molecule has 0 unspecified atom stereocenters. The van der Waals surface area contributed by atoms with Crippen LogP contribution in [0.2, 0.25) is 0 Å². The lowest BCUT2D eigenvalue weighted by molar-refractivity contribution is 0.0990. The van der Waals surface area contributed by atoms with Crippen LogP contribution < -0.4 is 5.73 Å². The Morgan fingerprint density at radius 3 is 2.12 bits per heavy atom. The minimum atomic E-state index is -0.647. The van der Waals surface area contributed by atoms with Gasteiger partial charge in [-0.1, -0.05) is 0 Å². The van der Waals surface area contributed by atoms with E-state index in [0.29, 0.717) is 17.1 Å². The van der Waals surface area contributed by atoms with Crippen LogP contribution in [0.3, 0.4) is 0 Å². The second-order valence-electron chi connectivity index (χ2n) is 3.25. The minimum Gasteiger partial charge on any atom is -0.363 e. The number of aromatic nitrogens is 5. The summed E-state index contributed by atoms with van der Waals surface area (Å²) in [6, 6.07) is 0. The molecule has 2 rings (SSSR count). The van der Waals surface area contributed by atoms with Gasteiger partial charge in [0.25, 0.3) is 5.91 Å². The highest BCUT2D eigenvalue weighted by molar-refractivity contribution is 5.89. The highest BCUT2D eigenvalue weighted by Crippen LogP contribution is 2.13. The maximum atomic E-state index is 11.0. The molecule has 0 aliphatic rings. The lowest BCUT2D eigenvalue weighted by Crippen LogP contribution is -2.18. The van der Waals surface area contributed by atoms with Crippen molar-refractivity contribution in [3.8, 4) is 5.69 Å². The maximum absolute atomic E-state index is 11.0. The van der Waals surface area contributed by atoms with Gasteiger partial charge in [0.1, 0.15) is 5.69 Å². The normalized spacial score (nSPS) is 10.4. The lowest BCUT2D eigenvalue weighted by atomic mass is 10.3. The zero-order valence-electron chi connectivity index (χ0n) is 8.88. The fourth-order valence-corrected chi connectivity index (χ4v) is 1.44. The largest absolute Gasteiger partial charge is 0.363 e. The third-order valence-electron chi connectivity index (χ3n) is 2.07. The van der Waals surface area contributed by atoms with E-state index in [1.807, 2.05) is 0 Å². The topological polar surface area (TPSA) is 99.6 Å². The Morgan fingerprint density at radius 1 is 1.19 bits per heavy atom. The molecule has 2 heterocycles. The fraction of sp³-hybridized carbons (Fsp3) is 0.222. The Kier molecular flexibility index (Phi) is 2.35. The number of carbonyl (C=O) groups excluding carboxylic acids is 1. The predicted molar refractivity (Wildman–Crippen MR) is 54.9 cm³/mol. The van der Waals surface area contributed by atoms with Crippen LogP contribution in [0.15, 0.2) is 12.4 Å². The highest BCUT2D eigenvalue weighted by Gasteiger charge is 2.13. The number of amides is 1. The lowest BCUT2D eigenvalue weighted by Gasteiger charge is -2.07. The van der Waals surface area contributed by atoms with Crippen molar-refractivity contribution >= 4 is 5.91 Å². The Labute approximate surface area is 91.3 Å². The number of carbonyl (C=O) groups is 1. The van der Waals surface area contributed by atoms with Crippen molar-refractivity contribution in [1.82, 2.24) is 25.0 Å². The summed E-state index contributed by atoms with van der Waals surface area (Å²) in [6.45, 7) is 3.50. The SMILES string of the molecule is Cc1nc(C(N)=O)nc(C)c1-n1nccn1. The smallest absolute Gasteiger partial charge is 0.286 e. The van der Waals surface area contributed by atoms with E-state index in [0.717, 1.165) is 0 Å². The molecule has 2 aromatic rings. The molecule has 7 heteroatoms. The van der Waals surface area contributed by atoms with Crippen molar-refractivity contribution in [2.24, 2.45) is 5.73 Å². The van der Waals surface area contributed by atoms with Crippen molar-refractivity contribution in [3.05, 3.63) is 29.6 Å². The van der Waals surface area contributed by atoms with Gasteiger partial charge in [0.05, 0.1) is 23.8 Å². The molecule has 0 atom stereocenters. The number of hydrogen-bond donors (Lipinski definition) is 1. The van der Waals surface area contributed by atoms with Gasteiger partial charge in [-0.05, 0) is 13.8 Å². The van der Waals surface area contributed by atoms with Gasteiger partial charge in [-0.25, -0.2) is 9.97 Å². The van der Waals surface area contributed by atoms with Gasteiger partial charge in [0.15, 0.2) is 0 Å². The highest BCUT2D eigenvalue weighted by atomic mass is 16.1. The van der Waals surface area contributed by atoms with Gasteiger partial charge in [-0.3, -0.25) is 4.79 Å². The van der Waals surface area contributed by atoms with Crippen molar-refractivity contribution < 1.29 is 4.79 Å². The van der Waals surface area contributed by atoms with Crippen LogP contribution in [0.1, 0.15) is 22.0 Å². The Bertz CT molecular complexity index is 510. The molecule has 0 saturated carbocycles. The van der Waals surface area contributed by atoms with Crippen molar-refractivity contribution in [2.45, 2.75) is 13.8 Å². The molecular weight excluding hydrogens is 208 g/mol. The van der Waals surface area contributed by atoms with Gasteiger partial charge in [-0.2, -0.15) is 10.2 Å². The number of nitrogens with zero attached hydrogens (tertiary/aromatic N) is 5. The molecule has 2 aromatic heterocycles. The molecule has 0 fully saturated rings. The standard InChI is InChI=1S/C9H10N6O/c1-5-7(15-11-3-4-12-15)6(2)14-9(13-5)8(10)16/h3-4H,1-2H3,(H2,10,16). The molecule has 2 N–H and O–H groups in total. The second kappa shape index (κ2) is 3.69. The first-order chi connectivity index (χ1) is 7.59. The van der Waals surface area contributed by atoms with Crippen LogP contribution >= 0.6 is 0 Å². The summed E-state index contributed by atoms with van der Waals surface area (Å²) < 4.78 is 0. The average molecular weight is 218 g/mol. The van der Waals surface area contributed by atoms with Gasteiger partial charge < -0.3 is 5.73 Å². The third kappa shape index (κ3) is 1.62. The number of rotatable bonds is 2. The summed E-state index contributed by atoms with van der Waals surface area (Å²) in [7, 11) is 0. The first-order valence-corrected chi connectivity index (χ1v) is 4.61. The zero-order chi connectivity index (χ0) is 11.7. The molecule has 1 amide bonds. The van der Waals surface area contributed by atoms with Gasteiger partial charge in [0, 0.05) is 0 Å². The Morgan fingerprint density at radius 2 is 1.69 bits per heavy atom. The summed E-state index contributed by atoms with van der Waals surface area (Å²) in [4.78, 5) is 20.4. The quantitative estimate of drug-likeness (QED) is 0.750. The summed E-state index contributed by atoms with van der Waals surface area (Å²) in [5.74, 6) is -0.642. The fourth-order valence-electron chi connectivity index (χ4n) is 1.44. The van der Waals surface area contributed by atoms with E-state index in [1.165, 1.54) is 4.80 Å². The van der Waals surface area contributed by atoms with Crippen LogP contribution in [0.25, 0.3) is 5.69 Å². The maximum Gasteiger partial charge on any atom is 0.286 e. The number of primary amides is 1. The van der Waals surface area contributed by atoms with Crippen LogP contribution in [0, 0.1) is 13.8 Å². The summed E-state index contributed by atoms with van der Waals surface area (Å²) in [5, 5.41) is 7.98. The van der Waals surface area contributed by atoms with E-state index in [1.54, 1.807) is 26.2 Å². The predicted octanol–water partition coefficient (Wildman–Crippen LogP) is -0.227. The number of aryl methyl sites for hydroxylation is 2. The first kappa shape index (κ1) is 10.2. The van der Waals surface area contributed by atoms with E-state index in [4.69, 9.17) is 5.73 Å². The van der Waals surface area contributed by atoms with Crippen molar-refractivity contribution in [1.29, 1.82) is 0 Å². The number of nitrogens with two attached hydrogens (primary N) is 1. The van der Waals surface area contributed by atoms with Gasteiger partial charge in [-0.15, -0.1) is 4.80 Å². The van der Waals surface area contributed by atoms with Crippen LogP contribution in [-0.2, 0) is 0 Å². The molecule has 82 valence electrons. The van der Waals surface area contributed by atoms with Crippen LogP contribution in [0.5, 0.6) is 0 Å². The summed E-state index contributed by atoms with van der Waals surface area (Å²) in [5.41, 5.74) is 7.00. The van der Waals surface area contributed by atoms with E-state index >= 15 is 0 Å². The third-order valence-corrected chi connectivity index (χ3v) is 2.07. The molecule has 0 bridgehead atoms. The molecule has 0 aliphatic heterocycles. The Hall–Kier alpha value is -2.31. The molecule has 0 spiro atoms. The summed E-state index contributed by atoms with van der Waals surface area (Å²) in [6.07, 6.45) is 3.11. The minimum absolute atomic E-state index is 0.00547. The molecular formula is C9H10N6O. The van der Waals surface area contributed by atoms with Crippen LogP contribution in [-0.4, -0.2) is 30.9 Å². The molecule has 0 radical (unpaired) electrons. The average Bonchev–Trinajstić information content (AvgIpc) is 2.69. The number of hydrogen-bond acceptors (Lipinski definition) is 5. The van der Waals surface area contributed by atoms with E-state index in [-0.39, 0.29) is 5.82 Å². The van der Waals surface area contributed by atoms with E-state index < -0.39 is 5.91 Å². The first-order valence-electron chi connectivity index (χ1n) is 4.61. The van der Waals surface area contributed by atoms with Gasteiger partial charge >= 0.3 is 0 Å². The Balaban J connectivity index is 2.61.